The summed E-state index contributed by atoms with van der Waals surface area (Å²) in [6.07, 6.45) is 5.09. The molecule has 2 N–H and O–H groups in total. The molecule has 0 amide bonds. The zero-order valence-electron chi connectivity index (χ0n) is 12.0. The quantitative estimate of drug-likeness (QED) is 0.745. The van der Waals surface area contributed by atoms with E-state index in [1.54, 1.807) is 0 Å². The van der Waals surface area contributed by atoms with E-state index < -0.39 is 0 Å². The zero-order valence-corrected chi connectivity index (χ0v) is 12.0. The van der Waals surface area contributed by atoms with Crippen LogP contribution in [0.15, 0.2) is 0 Å². The summed E-state index contributed by atoms with van der Waals surface area (Å²) in [7, 11) is 0. The van der Waals surface area contributed by atoms with Crippen LogP contribution in [0, 0.1) is 0 Å². The second-order valence-corrected chi connectivity index (χ2v) is 5.64. The molecule has 1 heterocycles. The summed E-state index contributed by atoms with van der Waals surface area (Å²) in [6.45, 7) is 12.0. The summed E-state index contributed by atoms with van der Waals surface area (Å²) in [5.41, 5.74) is 6.47. The maximum atomic E-state index is 6.38. The molecule has 0 spiro atoms. The van der Waals surface area contributed by atoms with Crippen molar-refractivity contribution in [3.63, 3.8) is 0 Å². The SMILES string of the molecule is CCN(CC)C(C)(C)C(N)CCC1CCCO1. The second kappa shape index (κ2) is 6.72. The van der Waals surface area contributed by atoms with E-state index in [0.29, 0.717) is 6.10 Å². The van der Waals surface area contributed by atoms with Gasteiger partial charge in [-0.25, -0.2) is 0 Å². The van der Waals surface area contributed by atoms with E-state index in [0.717, 1.165) is 32.5 Å². The number of hydrogen-bond acceptors (Lipinski definition) is 3. The lowest BCUT2D eigenvalue weighted by molar-refractivity contribution is 0.0763. The summed E-state index contributed by atoms with van der Waals surface area (Å²) in [5, 5.41) is 0. The molecule has 0 aromatic heterocycles. The molecule has 3 heteroatoms. The first-order valence-corrected chi connectivity index (χ1v) is 7.14. The summed E-state index contributed by atoms with van der Waals surface area (Å²) >= 11 is 0. The van der Waals surface area contributed by atoms with Crippen LogP contribution in [0.4, 0.5) is 0 Å². The van der Waals surface area contributed by atoms with Gasteiger partial charge in [0.15, 0.2) is 0 Å². The molecule has 1 saturated heterocycles. The van der Waals surface area contributed by atoms with Crippen LogP contribution in [0.3, 0.4) is 0 Å². The number of ether oxygens (including phenoxy) is 1. The van der Waals surface area contributed by atoms with E-state index in [1.165, 1.54) is 12.8 Å². The molecule has 0 aliphatic carbocycles. The van der Waals surface area contributed by atoms with Gasteiger partial charge in [0.2, 0.25) is 0 Å². The molecule has 1 rings (SSSR count). The summed E-state index contributed by atoms with van der Waals surface area (Å²) < 4.78 is 5.66. The Balaban J connectivity index is 2.40. The minimum Gasteiger partial charge on any atom is -0.378 e. The molecule has 2 atom stereocenters. The van der Waals surface area contributed by atoms with Crippen LogP contribution in [-0.2, 0) is 4.74 Å². The molecule has 1 aliphatic heterocycles. The molecule has 2 unspecified atom stereocenters. The third kappa shape index (κ3) is 3.94. The van der Waals surface area contributed by atoms with Gasteiger partial charge in [0.1, 0.15) is 0 Å². The van der Waals surface area contributed by atoms with Crippen molar-refractivity contribution in [1.29, 1.82) is 0 Å². The van der Waals surface area contributed by atoms with E-state index in [-0.39, 0.29) is 11.6 Å². The maximum Gasteiger partial charge on any atom is 0.0576 e. The Morgan fingerprint density at radius 1 is 1.35 bits per heavy atom. The Bertz CT molecular complexity index is 208. The van der Waals surface area contributed by atoms with Crippen LogP contribution < -0.4 is 5.73 Å². The third-order valence-electron chi connectivity index (χ3n) is 4.31. The number of nitrogens with two attached hydrogens (primary N) is 1. The molecule has 102 valence electrons. The van der Waals surface area contributed by atoms with Gasteiger partial charge in [-0.1, -0.05) is 13.8 Å². The first-order valence-electron chi connectivity index (χ1n) is 7.14. The molecular formula is C14H30N2O. The minimum absolute atomic E-state index is 0.0854. The molecule has 17 heavy (non-hydrogen) atoms. The van der Waals surface area contributed by atoms with E-state index in [4.69, 9.17) is 10.5 Å². The Morgan fingerprint density at radius 2 is 2.00 bits per heavy atom. The van der Waals surface area contributed by atoms with Gasteiger partial charge in [-0.15, -0.1) is 0 Å². The number of hydrogen-bond donors (Lipinski definition) is 1. The van der Waals surface area contributed by atoms with Crippen molar-refractivity contribution >= 4 is 0 Å². The largest absolute Gasteiger partial charge is 0.378 e. The van der Waals surface area contributed by atoms with E-state index in [2.05, 4.69) is 32.6 Å². The Hall–Kier alpha value is -0.120. The van der Waals surface area contributed by atoms with Crippen molar-refractivity contribution in [2.45, 2.75) is 71.1 Å². The lowest BCUT2D eigenvalue weighted by Crippen LogP contribution is -2.56. The topological polar surface area (TPSA) is 38.5 Å². The van der Waals surface area contributed by atoms with Crippen molar-refractivity contribution in [3.8, 4) is 0 Å². The van der Waals surface area contributed by atoms with E-state index in [1.807, 2.05) is 0 Å². The van der Waals surface area contributed by atoms with Gasteiger partial charge in [-0.3, -0.25) is 4.90 Å². The fraction of sp³-hybridized carbons (Fsp3) is 1.00. The molecule has 0 bridgehead atoms. The Morgan fingerprint density at radius 3 is 2.47 bits per heavy atom. The van der Waals surface area contributed by atoms with Crippen LogP contribution in [0.2, 0.25) is 0 Å². The number of nitrogens with zero attached hydrogens (tertiary/aromatic N) is 1. The Labute approximate surface area is 107 Å². The van der Waals surface area contributed by atoms with Crippen molar-refractivity contribution in [2.75, 3.05) is 19.7 Å². The maximum absolute atomic E-state index is 6.38. The standard InChI is InChI=1S/C14H30N2O/c1-5-16(6-2)14(3,4)13(15)10-9-12-8-7-11-17-12/h12-13H,5-11,15H2,1-4H3. The van der Waals surface area contributed by atoms with Crippen LogP contribution in [-0.4, -0.2) is 42.3 Å². The monoisotopic (exact) mass is 242 g/mol. The molecule has 1 aliphatic rings. The predicted molar refractivity (Wildman–Crippen MR) is 73.2 cm³/mol. The van der Waals surface area contributed by atoms with Gasteiger partial charge >= 0.3 is 0 Å². The molecular weight excluding hydrogens is 212 g/mol. The molecule has 0 aromatic rings. The molecule has 1 fully saturated rings. The van der Waals surface area contributed by atoms with Crippen molar-refractivity contribution in [2.24, 2.45) is 5.73 Å². The Kier molecular flexibility index (Phi) is 5.90. The third-order valence-corrected chi connectivity index (χ3v) is 4.31. The summed E-state index contributed by atoms with van der Waals surface area (Å²) in [6, 6.07) is 0.228. The fourth-order valence-corrected chi connectivity index (χ4v) is 2.86. The van der Waals surface area contributed by atoms with Crippen LogP contribution >= 0.6 is 0 Å². The van der Waals surface area contributed by atoms with Crippen molar-refractivity contribution in [3.05, 3.63) is 0 Å². The fourth-order valence-electron chi connectivity index (χ4n) is 2.86. The second-order valence-electron chi connectivity index (χ2n) is 5.64. The van der Waals surface area contributed by atoms with Gasteiger partial charge in [0.25, 0.3) is 0 Å². The normalized spacial score (nSPS) is 23.3. The summed E-state index contributed by atoms with van der Waals surface area (Å²) in [4.78, 5) is 2.45. The lowest BCUT2D eigenvalue weighted by atomic mass is 9.88. The van der Waals surface area contributed by atoms with E-state index in [9.17, 15) is 0 Å². The van der Waals surface area contributed by atoms with Crippen molar-refractivity contribution < 1.29 is 4.74 Å². The van der Waals surface area contributed by atoms with Crippen molar-refractivity contribution in [1.82, 2.24) is 4.90 Å². The highest BCUT2D eigenvalue weighted by Crippen LogP contribution is 2.24. The predicted octanol–water partition coefficient (Wildman–Crippen LogP) is 2.39. The highest BCUT2D eigenvalue weighted by Gasteiger charge is 2.31. The first kappa shape index (κ1) is 14.9. The average Bonchev–Trinajstić information content (AvgIpc) is 2.79. The molecule has 3 nitrogen and oxygen atoms in total. The van der Waals surface area contributed by atoms with Crippen LogP contribution in [0.5, 0.6) is 0 Å². The average molecular weight is 242 g/mol. The molecule has 0 saturated carbocycles. The smallest absolute Gasteiger partial charge is 0.0576 e. The van der Waals surface area contributed by atoms with Crippen LogP contribution in [0.1, 0.15) is 53.4 Å². The van der Waals surface area contributed by atoms with E-state index >= 15 is 0 Å². The van der Waals surface area contributed by atoms with Gasteiger partial charge in [-0.2, -0.15) is 0 Å². The number of likely N-dealkylation sites (N-methyl/N-ethyl adjacent to an activating group) is 1. The molecule has 0 radical (unpaired) electrons. The highest BCUT2D eigenvalue weighted by molar-refractivity contribution is 4.91. The van der Waals surface area contributed by atoms with Gasteiger partial charge in [-0.05, 0) is 52.6 Å². The number of rotatable bonds is 7. The van der Waals surface area contributed by atoms with Gasteiger partial charge in [0.05, 0.1) is 6.10 Å². The zero-order chi connectivity index (χ0) is 12.9. The lowest BCUT2D eigenvalue weighted by Gasteiger charge is -2.42. The first-order chi connectivity index (χ1) is 8.02. The minimum atomic E-state index is 0.0854. The van der Waals surface area contributed by atoms with Crippen LogP contribution in [0.25, 0.3) is 0 Å². The highest BCUT2D eigenvalue weighted by atomic mass is 16.5. The summed E-state index contributed by atoms with van der Waals surface area (Å²) in [5.74, 6) is 0. The molecule has 0 aromatic carbocycles. The van der Waals surface area contributed by atoms with Gasteiger partial charge < -0.3 is 10.5 Å². The van der Waals surface area contributed by atoms with Gasteiger partial charge in [0, 0.05) is 18.2 Å².